The lowest BCUT2D eigenvalue weighted by atomic mass is 9.72. The maximum atomic E-state index is 2.49. The van der Waals surface area contributed by atoms with Gasteiger partial charge in [-0.15, -0.1) is 0 Å². The summed E-state index contributed by atoms with van der Waals surface area (Å²) in [7, 11) is 0. The van der Waals surface area contributed by atoms with Crippen LogP contribution in [0.5, 0.6) is 0 Å². The van der Waals surface area contributed by atoms with Gasteiger partial charge in [0.1, 0.15) is 0 Å². The van der Waals surface area contributed by atoms with Crippen molar-refractivity contribution in [3.63, 3.8) is 0 Å². The van der Waals surface area contributed by atoms with Crippen molar-refractivity contribution in [3.8, 4) is 44.5 Å². The molecule has 9 aromatic rings. The van der Waals surface area contributed by atoms with E-state index in [2.05, 4.69) is 259 Å². The van der Waals surface area contributed by atoms with Crippen LogP contribution >= 0.6 is 0 Å². The van der Waals surface area contributed by atoms with Crippen molar-refractivity contribution in [2.45, 2.75) is 66.2 Å². The van der Waals surface area contributed by atoms with E-state index in [9.17, 15) is 0 Å². The van der Waals surface area contributed by atoms with Gasteiger partial charge >= 0.3 is 0 Å². The zero-order chi connectivity index (χ0) is 45.5. The topological polar surface area (TPSA) is 6.48 Å². The molecule has 0 heterocycles. The molecule has 2 nitrogen and oxygen atoms in total. The smallest absolute Gasteiger partial charge is 0.0467 e. The summed E-state index contributed by atoms with van der Waals surface area (Å²) in [6.07, 6.45) is 0. The van der Waals surface area contributed by atoms with E-state index in [4.69, 9.17) is 0 Å². The van der Waals surface area contributed by atoms with Crippen molar-refractivity contribution in [2.24, 2.45) is 0 Å². The average Bonchev–Trinajstić information content (AvgIpc) is 3.70. The Labute approximate surface area is 391 Å². The number of hydrogen-bond acceptors (Lipinski definition) is 2. The molecule has 0 unspecified atom stereocenters. The second kappa shape index (κ2) is 15.6. The Bertz CT molecular complexity index is 3090. The highest BCUT2D eigenvalue weighted by molar-refractivity contribution is 5.96. The second-order valence-corrected chi connectivity index (χ2v) is 19.7. The van der Waals surface area contributed by atoms with Gasteiger partial charge in [0.15, 0.2) is 0 Å². The molecule has 0 atom stereocenters. The third kappa shape index (κ3) is 6.69. The maximum Gasteiger partial charge on any atom is 0.0467 e. The highest BCUT2D eigenvalue weighted by Gasteiger charge is 2.47. The molecule has 0 aliphatic heterocycles. The molecule has 0 fully saturated rings. The number of rotatable bonds is 8. The van der Waals surface area contributed by atoms with Gasteiger partial charge in [-0.25, -0.2) is 0 Å². The van der Waals surface area contributed by atoms with Crippen LogP contribution in [0.15, 0.2) is 194 Å². The van der Waals surface area contributed by atoms with E-state index >= 15 is 0 Å². The Kier molecular flexibility index (Phi) is 9.78. The minimum atomic E-state index is -0.254. The van der Waals surface area contributed by atoms with Crippen molar-refractivity contribution in [3.05, 3.63) is 239 Å². The Morgan fingerprint density at radius 3 is 1.03 bits per heavy atom. The quantitative estimate of drug-likeness (QED) is 0.150. The molecule has 0 saturated carbocycles. The minimum Gasteiger partial charge on any atom is -0.310 e. The van der Waals surface area contributed by atoms with Gasteiger partial charge in [0.2, 0.25) is 0 Å². The molecule has 11 rings (SSSR count). The van der Waals surface area contributed by atoms with Crippen LogP contribution in [0.1, 0.15) is 72.2 Å². The number of fused-ring (bicyclic) bond motifs is 7. The molecule has 322 valence electrons. The van der Waals surface area contributed by atoms with E-state index in [1.54, 1.807) is 0 Å². The monoisotopic (exact) mass is 852 g/mol. The van der Waals surface area contributed by atoms with E-state index in [0.29, 0.717) is 0 Å². The predicted molar refractivity (Wildman–Crippen MR) is 281 cm³/mol. The number of nitrogens with zero attached hydrogens (tertiary/aromatic N) is 2. The first-order valence-corrected chi connectivity index (χ1v) is 23.4. The van der Waals surface area contributed by atoms with E-state index in [0.717, 1.165) is 22.7 Å². The van der Waals surface area contributed by atoms with Crippen molar-refractivity contribution in [1.29, 1.82) is 0 Å². The first-order valence-electron chi connectivity index (χ1n) is 23.4. The Morgan fingerprint density at radius 2 is 0.667 bits per heavy atom. The molecule has 0 aromatic heterocycles. The summed E-state index contributed by atoms with van der Waals surface area (Å²) < 4.78 is 0. The molecule has 2 aliphatic rings. The summed E-state index contributed by atoms with van der Waals surface area (Å²) in [5.41, 5.74) is 27.6. The summed E-state index contributed by atoms with van der Waals surface area (Å²) in [4.78, 5) is 4.89. The summed E-state index contributed by atoms with van der Waals surface area (Å²) in [5, 5.41) is 0. The van der Waals surface area contributed by atoms with Crippen LogP contribution in [0, 0.1) is 27.7 Å². The van der Waals surface area contributed by atoms with E-state index in [-0.39, 0.29) is 10.8 Å². The Hall–Kier alpha value is -7.42. The molecular formula is C64H56N2. The standard InChI is InChI=1S/C64H56N2/c1-41-17-15-23-51(35-41)65(49-29-25-47(26-30-49)45-19-11-9-12-20-45)53-37-43(3)59-55-33-34-56-60-44(4)38-54(40-58(60)64(7,8)62(56)61(55)63(5,6)57(59)39-53)66(52-24-16-18-42(2)36-52)50-31-27-48(28-32-50)46-21-13-10-14-22-46/h9-40H,1-8H3. The normalized spacial score (nSPS) is 13.7. The van der Waals surface area contributed by atoms with Gasteiger partial charge in [-0.1, -0.05) is 149 Å². The van der Waals surface area contributed by atoms with Gasteiger partial charge in [-0.2, -0.15) is 0 Å². The van der Waals surface area contributed by atoms with E-state index in [1.165, 1.54) is 100 Å². The fourth-order valence-corrected chi connectivity index (χ4v) is 11.4. The lowest BCUT2D eigenvalue weighted by molar-refractivity contribution is 0.601. The lowest BCUT2D eigenvalue weighted by Crippen LogP contribution is -2.24. The first kappa shape index (κ1) is 41.3. The zero-order valence-electron chi connectivity index (χ0n) is 39.4. The molecule has 0 saturated heterocycles. The van der Waals surface area contributed by atoms with Crippen LogP contribution in [-0.2, 0) is 10.8 Å². The third-order valence-corrected chi connectivity index (χ3v) is 14.5. The van der Waals surface area contributed by atoms with E-state index in [1.807, 2.05) is 0 Å². The second-order valence-electron chi connectivity index (χ2n) is 19.7. The van der Waals surface area contributed by atoms with E-state index < -0.39 is 0 Å². The summed E-state index contributed by atoms with van der Waals surface area (Å²) in [6, 6.07) is 71.9. The van der Waals surface area contributed by atoms with Crippen LogP contribution in [0.25, 0.3) is 44.5 Å². The number of benzene rings is 9. The molecule has 0 N–H and O–H groups in total. The minimum absolute atomic E-state index is 0.254. The summed E-state index contributed by atoms with van der Waals surface area (Å²) in [6.45, 7) is 18.8. The van der Waals surface area contributed by atoms with Crippen molar-refractivity contribution in [1.82, 2.24) is 0 Å². The maximum absolute atomic E-state index is 2.49. The molecule has 0 radical (unpaired) electrons. The number of aryl methyl sites for hydroxylation is 4. The summed E-state index contributed by atoms with van der Waals surface area (Å²) >= 11 is 0. The fourth-order valence-electron chi connectivity index (χ4n) is 11.4. The molecule has 66 heavy (non-hydrogen) atoms. The largest absolute Gasteiger partial charge is 0.310 e. The third-order valence-electron chi connectivity index (χ3n) is 14.5. The summed E-state index contributed by atoms with van der Waals surface area (Å²) in [5.74, 6) is 0. The van der Waals surface area contributed by atoms with Gasteiger partial charge in [0, 0.05) is 45.0 Å². The van der Waals surface area contributed by atoms with Crippen LogP contribution in [0.2, 0.25) is 0 Å². The highest BCUT2D eigenvalue weighted by atomic mass is 15.1. The van der Waals surface area contributed by atoms with Crippen molar-refractivity contribution >= 4 is 34.1 Å². The van der Waals surface area contributed by atoms with Crippen LogP contribution in [0.3, 0.4) is 0 Å². The van der Waals surface area contributed by atoms with Gasteiger partial charge in [0.25, 0.3) is 0 Å². The number of anilines is 6. The van der Waals surface area contributed by atoms with Gasteiger partial charge < -0.3 is 9.80 Å². The van der Waals surface area contributed by atoms with Gasteiger partial charge in [-0.3, -0.25) is 0 Å². The zero-order valence-corrected chi connectivity index (χ0v) is 39.4. The van der Waals surface area contributed by atoms with Crippen molar-refractivity contribution < 1.29 is 0 Å². The molecule has 0 amide bonds. The molecule has 9 aromatic carbocycles. The Morgan fingerprint density at radius 1 is 0.303 bits per heavy atom. The van der Waals surface area contributed by atoms with Crippen molar-refractivity contribution in [2.75, 3.05) is 9.80 Å². The average molecular weight is 853 g/mol. The molecule has 0 bridgehead atoms. The molecule has 2 heteroatoms. The highest BCUT2D eigenvalue weighted by Crippen LogP contribution is 2.61. The fraction of sp³-hybridized carbons (Fsp3) is 0.156. The van der Waals surface area contributed by atoms with Gasteiger partial charge in [-0.05, 0) is 190 Å². The predicted octanol–water partition coefficient (Wildman–Crippen LogP) is 17.8. The van der Waals surface area contributed by atoms with Crippen LogP contribution < -0.4 is 9.80 Å². The van der Waals surface area contributed by atoms with Gasteiger partial charge in [0.05, 0.1) is 0 Å². The van der Waals surface area contributed by atoms with Crippen LogP contribution in [0.4, 0.5) is 34.1 Å². The molecule has 2 aliphatic carbocycles. The first-order chi connectivity index (χ1) is 31.9. The molecular weight excluding hydrogens is 797 g/mol. The van der Waals surface area contributed by atoms with Crippen LogP contribution in [-0.4, -0.2) is 0 Å². The molecule has 0 spiro atoms. The Balaban J connectivity index is 1.02. The number of hydrogen-bond donors (Lipinski definition) is 0. The SMILES string of the molecule is Cc1cccc(N(c2ccc(-c3ccccc3)cc2)c2cc(C)c3c(c2)C(C)(C)c2c-3ccc3c2C(C)(C)c2cc(N(c4ccc(-c5ccccc5)cc4)c4cccc(C)c4)cc(C)c2-3)c1. The lowest BCUT2D eigenvalue weighted by Gasteiger charge is -2.32.